The predicted octanol–water partition coefficient (Wildman–Crippen LogP) is 4.83. The van der Waals surface area contributed by atoms with Crippen LogP contribution in [0.4, 0.5) is 5.69 Å². The van der Waals surface area contributed by atoms with Crippen molar-refractivity contribution >= 4 is 23.4 Å². The molecule has 0 heterocycles. The quantitative estimate of drug-likeness (QED) is 0.532. The Bertz CT molecular complexity index is 762. The molecule has 0 radical (unpaired) electrons. The van der Waals surface area contributed by atoms with Crippen molar-refractivity contribution in [3.63, 3.8) is 0 Å². The number of carbonyl (C=O) groups excluding carboxylic acids is 1. The van der Waals surface area contributed by atoms with Crippen molar-refractivity contribution in [1.29, 1.82) is 0 Å². The maximum Gasteiger partial charge on any atom is 0.269 e. The SMILES string of the molecule is CCc1ccc([C@H](C)NC(=O)CS[C@@H](C)c2cccc([N+](=O)[O-])c2)cc1. The lowest BCUT2D eigenvalue weighted by Gasteiger charge is -2.16. The van der Waals surface area contributed by atoms with Gasteiger partial charge < -0.3 is 5.32 Å². The van der Waals surface area contributed by atoms with E-state index in [0.717, 1.165) is 17.5 Å². The first-order chi connectivity index (χ1) is 12.4. The van der Waals surface area contributed by atoms with Crippen molar-refractivity contribution in [3.8, 4) is 0 Å². The van der Waals surface area contributed by atoms with Crippen molar-refractivity contribution in [2.75, 3.05) is 5.75 Å². The minimum atomic E-state index is -0.404. The molecule has 26 heavy (non-hydrogen) atoms. The standard InChI is InChI=1S/C20H24N2O3S/c1-4-16-8-10-17(11-9-16)14(2)21-20(23)13-26-15(3)18-6-5-7-19(12-18)22(24)25/h5-12,14-15H,4,13H2,1-3H3,(H,21,23)/t14-,15-/m0/s1. The minimum absolute atomic E-state index is 0.000191. The number of nitrogens with one attached hydrogen (secondary N) is 1. The Kier molecular flexibility index (Phi) is 7.21. The van der Waals surface area contributed by atoms with Gasteiger partial charge in [0.2, 0.25) is 5.91 Å². The van der Waals surface area contributed by atoms with E-state index in [0.29, 0.717) is 5.75 Å². The molecule has 0 unspecified atom stereocenters. The topological polar surface area (TPSA) is 72.2 Å². The number of nitrogens with zero attached hydrogens (tertiary/aromatic N) is 1. The van der Waals surface area contributed by atoms with E-state index in [1.165, 1.54) is 23.4 Å². The number of non-ortho nitro benzene ring substituents is 1. The summed E-state index contributed by atoms with van der Waals surface area (Å²) >= 11 is 1.47. The van der Waals surface area contributed by atoms with Crippen molar-refractivity contribution < 1.29 is 9.72 Å². The van der Waals surface area contributed by atoms with E-state index in [-0.39, 0.29) is 22.9 Å². The molecular formula is C20H24N2O3S. The zero-order valence-corrected chi connectivity index (χ0v) is 16.1. The van der Waals surface area contributed by atoms with Crippen molar-refractivity contribution in [1.82, 2.24) is 5.32 Å². The summed E-state index contributed by atoms with van der Waals surface area (Å²) in [6.45, 7) is 6.03. The molecule has 0 saturated heterocycles. The highest BCUT2D eigenvalue weighted by molar-refractivity contribution is 8.00. The maximum atomic E-state index is 12.2. The highest BCUT2D eigenvalue weighted by Gasteiger charge is 2.14. The molecule has 2 aromatic rings. The Labute approximate surface area is 158 Å². The Hall–Kier alpha value is -2.34. The number of rotatable bonds is 8. The van der Waals surface area contributed by atoms with Crippen LogP contribution in [-0.4, -0.2) is 16.6 Å². The second kappa shape index (κ2) is 9.38. The van der Waals surface area contributed by atoms with E-state index in [9.17, 15) is 14.9 Å². The summed E-state index contributed by atoms with van der Waals surface area (Å²) in [5.41, 5.74) is 3.27. The predicted molar refractivity (Wildman–Crippen MR) is 106 cm³/mol. The highest BCUT2D eigenvalue weighted by atomic mass is 32.2. The van der Waals surface area contributed by atoms with Crippen LogP contribution in [-0.2, 0) is 11.2 Å². The van der Waals surface area contributed by atoms with Crippen molar-refractivity contribution in [3.05, 3.63) is 75.3 Å². The molecule has 0 aliphatic heterocycles. The van der Waals surface area contributed by atoms with Crippen LogP contribution in [0.3, 0.4) is 0 Å². The smallest absolute Gasteiger partial charge is 0.269 e. The van der Waals surface area contributed by atoms with Gasteiger partial charge in [0.15, 0.2) is 0 Å². The molecule has 2 rings (SSSR count). The first kappa shape index (κ1) is 20.0. The molecule has 0 bridgehead atoms. The first-order valence-electron chi connectivity index (χ1n) is 8.64. The number of thioether (sulfide) groups is 1. The second-order valence-electron chi connectivity index (χ2n) is 6.19. The summed E-state index contributed by atoms with van der Waals surface area (Å²) in [4.78, 5) is 22.7. The number of hydrogen-bond acceptors (Lipinski definition) is 4. The molecule has 2 aromatic carbocycles. The second-order valence-corrected chi connectivity index (χ2v) is 7.52. The third-order valence-corrected chi connectivity index (χ3v) is 5.48. The summed E-state index contributed by atoms with van der Waals surface area (Å²) in [5, 5.41) is 13.9. The lowest BCUT2D eigenvalue weighted by molar-refractivity contribution is -0.384. The summed E-state index contributed by atoms with van der Waals surface area (Å²) in [6.07, 6.45) is 0.993. The Morgan fingerprint density at radius 2 is 1.85 bits per heavy atom. The summed E-state index contributed by atoms with van der Waals surface area (Å²) in [6, 6.07) is 14.8. The fraction of sp³-hybridized carbons (Fsp3) is 0.350. The van der Waals surface area contributed by atoms with Crippen molar-refractivity contribution in [2.24, 2.45) is 0 Å². The normalized spacial score (nSPS) is 13.0. The van der Waals surface area contributed by atoms with Gasteiger partial charge in [0.05, 0.1) is 16.7 Å². The minimum Gasteiger partial charge on any atom is -0.349 e. The molecule has 0 aliphatic rings. The maximum absolute atomic E-state index is 12.2. The van der Waals surface area contributed by atoms with Gasteiger partial charge in [-0.1, -0.05) is 43.3 Å². The average molecular weight is 372 g/mol. The molecule has 0 spiro atoms. The lowest BCUT2D eigenvalue weighted by atomic mass is 10.1. The van der Waals surface area contributed by atoms with Crippen LogP contribution < -0.4 is 5.32 Å². The van der Waals surface area contributed by atoms with E-state index < -0.39 is 4.92 Å². The van der Waals surface area contributed by atoms with Crippen LogP contribution >= 0.6 is 11.8 Å². The number of benzene rings is 2. The number of nitro benzene ring substituents is 1. The molecule has 0 saturated carbocycles. The number of amides is 1. The average Bonchev–Trinajstić information content (AvgIpc) is 2.66. The van der Waals surface area contributed by atoms with Gasteiger partial charge in [-0.3, -0.25) is 14.9 Å². The first-order valence-corrected chi connectivity index (χ1v) is 9.69. The molecule has 1 amide bonds. The van der Waals surface area contributed by atoms with Gasteiger partial charge in [0.25, 0.3) is 5.69 Å². The van der Waals surface area contributed by atoms with Gasteiger partial charge in [-0.2, -0.15) is 0 Å². The zero-order valence-electron chi connectivity index (χ0n) is 15.3. The van der Waals surface area contributed by atoms with Crippen LogP contribution in [0, 0.1) is 10.1 Å². The van der Waals surface area contributed by atoms with Crippen LogP contribution in [0.5, 0.6) is 0 Å². The van der Waals surface area contributed by atoms with Gasteiger partial charge in [0, 0.05) is 17.4 Å². The molecule has 5 nitrogen and oxygen atoms in total. The lowest BCUT2D eigenvalue weighted by Crippen LogP contribution is -2.28. The van der Waals surface area contributed by atoms with Gasteiger partial charge in [-0.05, 0) is 37.0 Å². The Morgan fingerprint density at radius 3 is 2.46 bits per heavy atom. The summed E-state index contributed by atoms with van der Waals surface area (Å²) < 4.78 is 0. The van der Waals surface area contributed by atoms with Gasteiger partial charge >= 0.3 is 0 Å². The molecule has 0 fully saturated rings. The summed E-state index contributed by atoms with van der Waals surface area (Å²) in [5.74, 6) is 0.265. The van der Waals surface area contributed by atoms with Gasteiger partial charge in [-0.15, -0.1) is 11.8 Å². The molecular weight excluding hydrogens is 348 g/mol. The fourth-order valence-electron chi connectivity index (χ4n) is 2.60. The van der Waals surface area contributed by atoms with Gasteiger partial charge in [-0.25, -0.2) is 0 Å². The number of nitro groups is 1. The van der Waals surface area contributed by atoms with E-state index in [4.69, 9.17) is 0 Å². The Morgan fingerprint density at radius 1 is 1.15 bits per heavy atom. The van der Waals surface area contributed by atoms with E-state index in [1.807, 2.05) is 32.0 Å². The third-order valence-electron chi connectivity index (χ3n) is 4.28. The van der Waals surface area contributed by atoms with Crippen molar-refractivity contribution in [2.45, 2.75) is 38.5 Å². The van der Waals surface area contributed by atoms with Gasteiger partial charge in [0.1, 0.15) is 0 Å². The Balaban J connectivity index is 1.87. The molecule has 6 heteroatoms. The zero-order chi connectivity index (χ0) is 19.1. The number of carbonyl (C=O) groups is 1. The molecule has 1 N–H and O–H groups in total. The van der Waals surface area contributed by atoms with Crippen LogP contribution in [0.15, 0.2) is 48.5 Å². The summed E-state index contributed by atoms with van der Waals surface area (Å²) in [7, 11) is 0. The largest absolute Gasteiger partial charge is 0.349 e. The molecule has 138 valence electrons. The van der Waals surface area contributed by atoms with Crippen LogP contribution in [0.25, 0.3) is 0 Å². The molecule has 0 aliphatic carbocycles. The van der Waals surface area contributed by atoms with Crippen LogP contribution in [0.1, 0.15) is 48.8 Å². The third kappa shape index (κ3) is 5.59. The molecule has 0 aromatic heterocycles. The highest BCUT2D eigenvalue weighted by Crippen LogP contribution is 2.30. The monoisotopic (exact) mass is 372 g/mol. The molecule has 2 atom stereocenters. The van der Waals surface area contributed by atoms with Crippen LogP contribution in [0.2, 0.25) is 0 Å². The van der Waals surface area contributed by atoms with E-state index in [1.54, 1.807) is 12.1 Å². The van der Waals surface area contributed by atoms with E-state index in [2.05, 4.69) is 24.4 Å². The van der Waals surface area contributed by atoms with E-state index >= 15 is 0 Å². The number of aryl methyl sites for hydroxylation is 1. The number of hydrogen-bond donors (Lipinski definition) is 1. The fourth-order valence-corrected chi connectivity index (χ4v) is 3.42.